The van der Waals surface area contributed by atoms with Crippen molar-refractivity contribution < 1.29 is 9.84 Å². The molecule has 0 amide bonds. The summed E-state index contributed by atoms with van der Waals surface area (Å²) in [5.41, 5.74) is 2.38. The Kier molecular flexibility index (Phi) is 6.07. The maximum Gasteiger partial charge on any atom is 0.119 e. The Morgan fingerprint density at radius 3 is 2.57 bits per heavy atom. The molecule has 1 aromatic rings. The number of benzene rings is 1. The lowest BCUT2D eigenvalue weighted by molar-refractivity contribution is 0.105. The summed E-state index contributed by atoms with van der Waals surface area (Å²) in [5, 5.41) is 13.4. The summed E-state index contributed by atoms with van der Waals surface area (Å²) in [6, 6.07) is 6.13. The fourth-order valence-corrected chi connectivity index (χ4v) is 3.23. The molecule has 1 aliphatic carbocycles. The summed E-state index contributed by atoms with van der Waals surface area (Å²) in [6.45, 7) is 8.41. The van der Waals surface area contributed by atoms with Gasteiger partial charge in [0.05, 0.1) is 0 Å². The molecule has 3 atom stereocenters. The van der Waals surface area contributed by atoms with Gasteiger partial charge in [-0.15, -0.1) is 0 Å². The second-order valence-corrected chi connectivity index (χ2v) is 6.61. The molecule has 2 N–H and O–H groups in total. The number of hydrogen-bond acceptors (Lipinski definition) is 3. The van der Waals surface area contributed by atoms with Crippen LogP contribution in [0.4, 0.5) is 0 Å². The van der Waals surface area contributed by atoms with Crippen molar-refractivity contribution in [3.63, 3.8) is 0 Å². The van der Waals surface area contributed by atoms with Crippen molar-refractivity contribution in [2.75, 3.05) is 19.7 Å². The van der Waals surface area contributed by atoms with E-state index < -0.39 is 6.10 Å². The van der Waals surface area contributed by atoms with Crippen molar-refractivity contribution in [2.24, 2.45) is 11.8 Å². The van der Waals surface area contributed by atoms with Crippen LogP contribution in [0.5, 0.6) is 5.75 Å². The first-order valence-corrected chi connectivity index (χ1v) is 8.14. The smallest absolute Gasteiger partial charge is 0.119 e. The number of aliphatic hydroxyl groups is 1. The molecule has 0 bridgehead atoms. The summed E-state index contributed by atoms with van der Waals surface area (Å²) in [7, 11) is 0. The number of ether oxygens (including phenoxy) is 1. The third-order valence-electron chi connectivity index (χ3n) is 4.46. The lowest BCUT2D eigenvalue weighted by Crippen LogP contribution is -2.34. The number of nitrogens with one attached hydrogen (secondary N) is 1. The highest BCUT2D eigenvalue weighted by molar-refractivity contribution is 5.32. The monoisotopic (exact) mass is 291 g/mol. The van der Waals surface area contributed by atoms with Crippen LogP contribution in [0.1, 0.15) is 37.3 Å². The van der Waals surface area contributed by atoms with Crippen molar-refractivity contribution in [3.05, 3.63) is 29.3 Å². The maximum atomic E-state index is 10.0. The summed E-state index contributed by atoms with van der Waals surface area (Å²) >= 11 is 0. The highest BCUT2D eigenvalue weighted by Crippen LogP contribution is 2.30. The molecule has 1 aromatic carbocycles. The van der Waals surface area contributed by atoms with Gasteiger partial charge in [0.1, 0.15) is 18.5 Å². The molecular formula is C18H29NO2. The van der Waals surface area contributed by atoms with E-state index in [4.69, 9.17) is 4.74 Å². The predicted octanol–water partition coefficient (Wildman–Crippen LogP) is 3.07. The first-order valence-electron chi connectivity index (χ1n) is 8.14. The van der Waals surface area contributed by atoms with Gasteiger partial charge in [-0.2, -0.15) is 0 Å². The summed E-state index contributed by atoms with van der Waals surface area (Å²) in [4.78, 5) is 0. The van der Waals surface area contributed by atoms with Gasteiger partial charge in [0.25, 0.3) is 0 Å². The van der Waals surface area contributed by atoms with E-state index in [1.54, 1.807) is 0 Å². The van der Waals surface area contributed by atoms with Crippen molar-refractivity contribution in [3.8, 4) is 5.75 Å². The minimum Gasteiger partial charge on any atom is -0.491 e. The van der Waals surface area contributed by atoms with Gasteiger partial charge in [0.15, 0.2) is 0 Å². The lowest BCUT2D eigenvalue weighted by Gasteiger charge is -2.18. The van der Waals surface area contributed by atoms with Crippen LogP contribution < -0.4 is 10.1 Å². The van der Waals surface area contributed by atoms with Crippen LogP contribution in [0.2, 0.25) is 0 Å². The van der Waals surface area contributed by atoms with Crippen LogP contribution in [-0.4, -0.2) is 30.9 Å². The number of rotatable bonds is 7. The second-order valence-electron chi connectivity index (χ2n) is 6.61. The van der Waals surface area contributed by atoms with Crippen molar-refractivity contribution in [1.82, 2.24) is 5.32 Å². The zero-order valence-corrected chi connectivity index (χ0v) is 13.6. The van der Waals surface area contributed by atoms with Gasteiger partial charge in [-0.3, -0.25) is 0 Å². The molecule has 0 spiro atoms. The van der Waals surface area contributed by atoms with E-state index in [0.717, 1.165) is 24.1 Å². The van der Waals surface area contributed by atoms with E-state index in [9.17, 15) is 5.11 Å². The van der Waals surface area contributed by atoms with Crippen molar-refractivity contribution in [2.45, 2.75) is 46.1 Å². The van der Waals surface area contributed by atoms with E-state index >= 15 is 0 Å². The van der Waals surface area contributed by atoms with Gasteiger partial charge in [0, 0.05) is 6.54 Å². The van der Waals surface area contributed by atoms with Crippen LogP contribution >= 0.6 is 0 Å². The standard InChI is InChI=1S/C18H29NO2/c1-13-7-14(2)9-18(8-13)21-12-17(20)11-19-10-16-6-4-5-15(16)3/h7-9,15-17,19-20H,4-6,10-12H2,1-3H3. The SMILES string of the molecule is Cc1cc(C)cc(OCC(O)CNCC2CCCC2C)c1. The molecule has 3 heteroatoms. The fraction of sp³-hybridized carbons (Fsp3) is 0.667. The first-order chi connectivity index (χ1) is 10.0. The molecule has 0 aromatic heterocycles. The Hall–Kier alpha value is -1.06. The van der Waals surface area contributed by atoms with E-state index in [0.29, 0.717) is 13.2 Å². The molecule has 0 heterocycles. The van der Waals surface area contributed by atoms with Gasteiger partial charge in [-0.05, 0) is 61.9 Å². The average molecular weight is 291 g/mol. The van der Waals surface area contributed by atoms with Gasteiger partial charge >= 0.3 is 0 Å². The molecule has 21 heavy (non-hydrogen) atoms. The molecule has 118 valence electrons. The van der Waals surface area contributed by atoms with E-state index in [1.807, 2.05) is 12.1 Å². The fourth-order valence-electron chi connectivity index (χ4n) is 3.23. The van der Waals surface area contributed by atoms with Crippen LogP contribution in [0.3, 0.4) is 0 Å². The zero-order valence-electron chi connectivity index (χ0n) is 13.6. The highest BCUT2D eigenvalue weighted by atomic mass is 16.5. The first kappa shape index (κ1) is 16.3. The van der Waals surface area contributed by atoms with E-state index in [-0.39, 0.29) is 0 Å². The normalized spacial score (nSPS) is 23.2. The molecule has 0 aliphatic heterocycles. The summed E-state index contributed by atoms with van der Waals surface area (Å²) in [5.74, 6) is 2.44. The Labute approximate surface area is 128 Å². The molecule has 3 nitrogen and oxygen atoms in total. The number of aliphatic hydroxyl groups excluding tert-OH is 1. The molecule has 0 saturated heterocycles. The summed E-state index contributed by atoms with van der Waals surface area (Å²) < 4.78 is 5.68. The Morgan fingerprint density at radius 1 is 1.24 bits per heavy atom. The van der Waals surface area contributed by atoms with Crippen LogP contribution in [0.25, 0.3) is 0 Å². The highest BCUT2D eigenvalue weighted by Gasteiger charge is 2.22. The maximum absolute atomic E-state index is 10.0. The van der Waals surface area contributed by atoms with Crippen LogP contribution in [0, 0.1) is 25.7 Å². The minimum absolute atomic E-state index is 0.343. The van der Waals surface area contributed by atoms with E-state index in [1.165, 1.54) is 30.4 Å². The topological polar surface area (TPSA) is 41.5 Å². The molecule has 2 rings (SSSR count). The largest absolute Gasteiger partial charge is 0.491 e. The van der Waals surface area contributed by atoms with Gasteiger partial charge in [-0.25, -0.2) is 0 Å². The molecule has 3 unspecified atom stereocenters. The van der Waals surface area contributed by atoms with Gasteiger partial charge in [0.2, 0.25) is 0 Å². The average Bonchev–Trinajstić information content (AvgIpc) is 2.81. The van der Waals surface area contributed by atoms with Gasteiger partial charge < -0.3 is 15.2 Å². The Balaban J connectivity index is 1.66. The van der Waals surface area contributed by atoms with E-state index in [2.05, 4.69) is 32.2 Å². The molecule has 0 radical (unpaired) electrons. The quantitative estimate of drug-likeness (QED) is 0.811. The molecule has 1 saturated carbocycles. The van der Waals surface area contributed by atoms with Crippen molar-refractivity contribution >= 4 is 0 Å². The molecule has 1 fully saturated rings. The van der Waals surface area contributed by atoms with Crippen LogP contribution in [-0.2, 0) is 0 Å². The van der Waals surface area contributed by atoms with Crippen LogP contribution in [0.15, 0.2) is 18.2 Å². The predicted molar refractivity (Wildman–Crippen MR) is 86.8 cm³/mol. The number of aryl methyl sites for hydroxylation is 2. The molecular weight excluding hydrogens is 262 g/mol. The third kappa shape index (κ3) is 5.33. The van der Waals surface area contributed by atoms with Gasteiger partial charge in [-0.1, -0.05) is 25.8 Å². The molecule has 1 aliphatic rings. The lowest BCUT2D eigenvalue weighted by atomic mass is 9.98. The number of hydrogen-bond donors (Lipinski definition) is 2. The minimum atomic E-state index is -0.456. The Bertz CT molecular complexity index is 427. The third-order valence-corrected chi connectivity index (χ3v) is 4.46. The summed E-state index contributed by atoms with van der Waals surface area (Å²) in [6.07, 6.45) is 3.57. The Morgan fingerprint density at radius 2 is 1.95 bits per heavy atom. The zero-order chi connectivity index (χ0) is 15.2. The second kappa shape index (κ2) is 7.81. The van der Waals surface area contributed by atoms with Crippen molar-refractivity contribution in [1.29, 1.82) is 0 Å².